The van der Waals surface area contributed by atoms with Crippen molar-refractivity contribution in [2.45, 2.75) is 48.9 Å². The van der Waals surface area contributed by atoms with Crippen molar-refractivity contribution in [1.82, 2.24) is 9.03 Å². The molecule has 0 spiro atoms. The molecule has 0 saturated carbocycles. The highest BCUT2D eigenvalue weighted by Gasteiger charge is 2.27. The van der Waals surface area contributed by atoms with E-state index in [1.165, 1.54) is 52.8 Å². The molecule has 0 aliphatic carbocycles. The van der Waals surface area contributed by atoms with E-state index in [9.17, 15) is 21.6 Å². The van der Waals surface area contributed by atoms with Crippen LogP contribution in [-0.2, 0) is 20.0 Å². The SMILES string of the molecule is CCC(C)NS(=O)(=O)c1ccc(C(=O)Nc2ccc(S(=O)(=O)N3CCCC3)cc2)cc1. The second-order valence-electron chi connectivity index (χ2n) is 7.54. The van der Waals surface area contributed by atoms with Gasteiger partial charge in [-0.3, -0.25) is 4.79 Å². The maximum absolute atomic E-state index is 12.6. The number of nitrogens with zero attached hydrogens (tertiary/aromatic N) is 1. The molecule has 1 saturated heterocycles. The van der Waals surface area contributed by atoms with Crippen LogP contribution >= 0.6 is 0 Å². The summed E-state index contributed by atoms with van der Waals surface area (Å²) >= 11 is 0. The summed E-state index contributed by atoms with van der Waals surface area (Å²) in [5, 5.41) is 2.69. The zero-order valence-electron chi connectivity index (χ0n) is 17.5. The Kier molecular flexibility index (Phi) is 7.15. The Labute approximate surface area is 183 Å². The summed E-state index contributed by atoms with van der Waals surface area (Å²) < 4.78 is 53.8. The molecular formula is C21H27N3O5S2. The molecular weight excluding hydrogens is 438 g/mol. The molecule has 1 fully saturated rings. The van der Waals surface area contributed by atoms with E-state index in [1.54, 1.807) is 6.92 Å². The lowest BCUT2D eigenvalue weighted by Gasteiger charge is -2.15. The second kappa shape index (κ2) is 9.47. The molecule has 2 aromatic rings. The first kappa shape index (κ1) is 23.4. The molecule has 10 heteroatoms. The summed E-state index contributed by atoms with van der Waals surface area (Å²) in [7, 11) is -7.15. The smallest absolute Gasteiger partial charge is 0.255 e. The zero-order valence-corrected chi connectivity index (χ0v) is 19.2. The third kappa shape index (κ3) is 5.51. The van der Waals surface area contributed by atoms with Crippen molar-refractivity contribution >= 4 is 31.6 Å². The predicted molar refractivity (Wildman–Crippen MR) is 119 cm³/mol. The van der Waals surface area contributed by atoms with Gasteiger partial charge in [0.15, 0.2) is 0 Å². The number of benzene rings is 2. The number of anilines is 1. The van der Waals surface area contributed by atoms with Gasteiger partial charge in [-0.2, -0.15) is 4.31 Å². The van der Waals surface area contributed by atoms with Gasteiger partial charge in [0.05, 0.1) is 9.79 Å². The molecule has 1 heterocycles. The van der Waals surface area contributed by atoms with Crippen molar-refractivity contribution in [3.8, 4) is 0 Å². The zero-order chi connectivity index (χ0) is 22.6. The van der Waals surface area contributed by atoms with E-state index in [0.29, 0.717) is 25.2 Å². The largest absolute Gasteiger partial charge is 0.322 e. The number of sulfonamides is 2. The fourth-order valence-electron chi connectivity index (χ4n) is 3.19. The van der Waals surface area contributed by atoms with Crippen LogP contribution in [0.5, 0.6) is 0 Å². The average molecular weight is 466 g/mol. The fourth-order valence-corrected chi connectivity index (χ4v) is 6.04. The van der Waals surface area contributed by atoms with Gasteiger partial charge in [-0.15, -0.1) is 0 Å². The Morgan fingerprint density at radius 2 is 1.48 bits per heavy atom. The Morgan fingerprint density at radius 3 is 2.03 bits per heavy atom. The molecule has 1 aliphatic rings. The highest BCUT2D eigenvalue weighted by Crippen LogP contribution is 2.22. The number of nitrogens with one attached hydrogen (secondary N) is 2. The van der Waals surface area contributed by atoms with Crippen LogP contribution in [0.15, 0.2) is 58.3 Å². The van der Waals surface area contributed by atoms with Gasteiger partial charge in [-0.1, -0.05) is 6.92 Å². The number of hydrogen-bond donors (Lipinski definition) is 2. The monoisotopic (exact) mass is 465 g/mol. The molecule has 1 unspecified atom stereocenters. The Morgan fingerprint density at radius 1 is 0.935 bits per heavy atom. The van der Waals surface area contributed by atoms with Crippen LogP contribution in [0, 0.1) is 0 Å². The van der Waals surface area contributed by atoms with E-state index < -0.39 is 26.0 Å². The van der Waals surface area contributed by atoms with Crippen LogP contribution < -0.4 is 10.0 Å². The van der Waals surface area contributed by atoms with E-state index >= 15 is 0 Å². The normalized spacial score (nSPS) is 16.2. The molecule has 0 aromatic heterocycles. The quantitative estimate of drug-likeness (QED) is 0.622. The maximum Gasteiger partial charge on any atom is 0.255 e. The van der Waals surface area contributed by atoms with Crippen LogP contribution in [0.3, 0.4) is 0 Å². The lowest BCUT2D eigenvalue weighted by atomic mass is 10.2. The minimum atomic E-state index is -3.64. The maximum atomic E-state index is 12.6. The van der Waals surface area contributed by atoms with E-state index in [2.05, 4.69) is 10.0 Å². The molecule has 2 N–H and O–H groups in total. The minimum Gasteiger partial charge on any atom is -0.322 e. The number of carbonyl (C=O) groups excluding carboxylic acids is 1. The number of hydrogen-bond acceptors (Lipinski definition) is 5. The molecule has 1 amide bonds. The molecule has 0 bridgehead atoms. The average Bonchev–Trinajstić information content (AvgIpc) is 3.30. The molecule has 0 radical (unpaired) electrons. The summed E-state index contributed by atoms with van der Waals surface area (Å²) in [6.07, 6.45) is 2.39. The lowest BCUT2D eigenvalue weighted by molar-refractivity contribution is 0.102. The van der Waals surface area contributed by atoms with Gasteiger partial charge in [0, 0.05) is 30.4 Å². The van der Waals surface area contributed by atoms with E-state index in [4.69, 9.17) is 0 Å². The van der Waals surface area contributed by atoms with Gasteiger partial charge in [0.25, 0.3) is 5.91 Å². The summed E-state index contributed by atoms with van der Waals surface area (Å²) in [6, 6.07) is 11.5. The van der Waals surface area contributed by atoms with Crippen molar-refractivity contribution in [3.05, 3.63) is 54.1 Å². The van der Waals surface area contributed by atoms with Crippen molar-refractivity contribution in [2.24, 2.45) is 0 Å². The Hall–Kier alpha value is -2.27. The first-order chi connectivity index (χ1) is 14.6. The fraction of sp³-hybridized carbons (Fsp3) is 0.381. The summed E-state index contributed by atoms with van der Waals surface area (Å²) in [4.78, 5) is 12.8. The van der Waals surface area contributed by atoms with Gasteiger partial charge < -0.3 is 5.32 Å². The lowest BCUT2D eigenvalue weighted by Crippen LogP contribution is -2.32. The second-order valence-corrected chi connectivity index (χ2v) is 11.2. The van der Waals surface area contributed by atoms with Crippen LogP contribution in [0.1, 0.15) is 43.5 Å². The molecule has 1 atom stereocenters. The topological polar surface area (TPSA) is 113 Å². The highest BCUT2D eigenvalue weighted by molar-refractivity contribution is 7.89. The van der Waals surface area contributed by atoms with E-state index in [-0.39, 0.29) is 21.4 Å². The van der Waals surface area contributed by atoms with Crippen LogP contribution in [-0.4, -0.2) is 46.2 Å². The third-order valence-electron chi connectivity index (χ3n) is 5.21. The van der Waals surface area contributed by atoms with Gasteiger partial charge in [0.2, 0.25) is 20.0 Å². The minimum absolute atomic E-state index is 0.0841. The molecule has 3 rings (SSSR count). The predicted octanol–water partition coefficient (Wildman–Crippen LogP) is 2.80. The molecule has 1 aliphatic heterocycles. The number of rotatable bonds is 8. The summed E-state index contributed by atoms with van der Waals surface area (Å²) in [5.41, 5.74) is 0.733. The number of carbonyl (C=O) groups is 1. The van der Waals surface area contributed by atoms with Crippen LogP contribution in [0.2, 0.25) is 0 Å². The summed E-state index contributed by atoms with van der Waals surface area (Å²) in [6.45, 7) is 4.72. The van der Waals surface area contributed by atoms with Crippen molar-refractivity contribution < 1.29 is 21.6 Å². The Bertz CT molecular complexity index is 1120. The third-order valence-corrected chi connectivity index (χ3v) is 8.73. The molecule has 8 nitrogen and oxygen atoms in total. The van der Waals surface area contributed by atoms with E-state index in [0.717, 1.165) is 12.8 Å². The van der Waals surface area contributed by atoms with Gasteiger partial charge in [0.1, 0.15) is 0 Å². The molecule has 168 valence electrons. The van der Waals surface area contributed by atoms with Crippen molar-refractivity contribution in [3.63, 3.8) is 0 Å². The van der Waals surface area contributed by atoms with Crippen LogP contribution in [0.25, 0.3) is 0 Å². The molecule has 2 aromatic carbocycles. The first-order valence-corrected chi connectivity index (χ1v) is 13.1. The van der Waals surface area contributed by atoms with E-state index in [1.807, 2.05) is 6.92 Å². The van der Waals surface area contributed by atoms with Crippen molar-refractivity contribution in [1.29, 1.82) is 0 Å². The number of amides is 1. The standard InChI is InChI=1S/C21H27N3O5S2/c1-3-16(2)23-30(26,27)19-10-6-17(7-11-19)21(25)22-18-8-12-20(13-9-18)31(28,29)24-14-4-5-15-24/h6-13,16,23H,3-5,14-15H2,1-2H3,(H,22,25). The first-order valence-electron chi connectivity index (χ1n) is 10.2. The summed E-state index contributed by atoms with van der Waals surface area (Å²) in [5.74, 6) is -0.422. The van der Waals surface area contributed by atoms with Gasteiger partial charge in [-0.25, -0.2) is 21.6 Å². The Balaban J connectivity index is 1.67. The van der Waals surface area contributed by atoms with Gasteiger partial charge in [-0.05, 0) is 74.7 Å². The highest BCUT2D eigenvalue weighted by atomic mass is 32.2. The van der Waals surface area contributed by atoms with Gasteiger partial charge >= 0.3 is 0 Å². The van der Waals surface area contributed by atoms with Crippen LogP contribution in [0.4, 0.5) is 5.69 Å². The van der Waals surface area contributed by atoms with Crippen molar-refractivity contribution in [2.75, 3.05) is 18.4 Å². The molecule has 31 heavy (non-hydrogen) atoms.